The van der Waals surface area contributed by atoms with Crippen LogP contribution in [-0.4, -0.2) is 0 Å². The van der Waals surface area contributed by atoms with Gasteiger partial charge in [0.15, 0.2) is 0 Å². The Bertz CT molecular complexity index is 2190. The van der Waals surface area contributed by atoms with Crippen molar-refractivity contribution in [3.8, 4) is 33.4 Å². The summed E-state index contributed by atoms with van der Waals surface area (Å²) in [4.78, 5) is 0. The molecule has 0 aliphatic heterocycles. The zero-order valence-electron chi connectivity index (χ0n) is 22.9. The Labute approximate surface area is 244 Å². The van der Waals surface area contributed by atoms with Crippen molar-refractivity contribution in [3.63, 3.8) is 0 Å². The third-order valence-electron chi connectivity index (χ3n) is 8.06. The van der Waals surface area contributed by atoms with Gasteiger partial charge in [-0.3, -0.25) is 0 Å². The molecule has 0 bridgehead atoms. The molecule has 7 aromatic carbocycles. The molecule has 0 saturated heterocycles. The molecular weight excluding hydrogens is 510 g/mol. The van der Waals surface area contributed by atoms with E-state index in [4.69, 9.17) is 4.42 Å². The quantitative estimate of drug-likeness (QED) is 0.236. The highest BCUT2D eigenvalue weighted by Gasteiger charge is 2.14. The standard InChI is InChI=1S/C40H27NO/c1-3-10-27(11-4-1)35-16-9-17-37-36-25-23-32(26-38(36)42-40(35)37)41-31-21-18-29(19-22-31)34-24-20-28-12-7-8-15-33(28)39(34)30-13-5-2-6-14-30/h1-26,41H. The highest BCUT2D eigenvalue weighted by Crippen LogP contribution is 2.39. The number of fused-ring (bicyclic) bond motifs is 4. The molecule has 0 amide bonds. The van der Waals surface area contributed by atoms with Crippen molar-refractivity contribution >= 4 is 44.1 Å². The second kappa shape index (κ2) is 10.1. The molecule has 42 heavy (non-hydrogen) atoms. The normalized spacial score (nSPS) is 11.3. The van der Waals surface area contributed by atoms with Crippen molar-refractivity contribution in [2.24, 2.45) is 0 Å². The molecule has 0 atom stereocenters. The summed E-state index contributed by atoms with van der Waals surface area (Å²) >= 11 is 0. The maximum Gasteiger partial charge on any atom is 0.143 e. The number of para-hydroxylation sites is 1. The molecular formula is C40H27NO. The molecule has 8 aromatic rings. The van der Waals surface area contributed by atoms with Crippen molar-refractivity contribution in [1.29, 1.82) is 0 Å². The second-order valence-electron chi connectivity index (χ2n) is 10.6. The van der Waals surface area contributed by atoms with Crippen LogP contribution in [0.3, 0.4) is 0 Å². The van der Waals surface area contributed by atoms with Crippen LogP contribution in [0.4, 0.5) is 11.4 Å². The Kier molecular flexibility index (Phi) is 5.82. The van der Waals surface area contributed by atoms with Crippen LogP contribution in [0, 0.1) is 0 Å². The van der Waals surface area contributed by atoms with E-state index in [0.29, 0.717) is 0 Å². The zero-order chi connectivity index (χ0) is 27.9. The monoisotopic (exact) mass is 537 g/mol. The smallest absolute Gasteiger partial charge is 0.143 e. The highest BCUT2D eigenvalue weighted by molar-refractivity contribution is 6.10. The second-order valence-corrected chi connectivity index (χ2v) is 10.6. The lowest BCUT2D eigenvalue weighted by molar-refractivity contribution is 0.670. The molecule has 2 heteroatoms. The molecule has 0 aliphatic rings. The summed E-state index contributed by atoms with van der Waals surface area (Å²) < 4.78 is 6.44. The molecule has 0 aliphatic carbocycles. The molecule has 8 rings (SSSR count). The summed E-state index contributed by atoms with van der Waals surface area (Å²) in [6.07, 6.45) is 0. The fourth-order valence-corrected chi connectivity index (χ4v) is 6.05. The maximum absolute atomic E-state index is 6.44. The summed E-state index contributed by atoms with van der Waals surface area (Å²) in [6, 6.07) is 55.6. The van der Waals surface area contributed by atoms with Gasteiger partial charge >= 0.3 is 0 Å². The van der Waals surface area contributed by atoms with E-state index in [1.807, 2.05) is 6.07 Å². The van der Waals surface area contributed by atoms with E-state index in [0.717, 1.165) is 44.4 Å². The molecule has 2 nitrogen and oxygen atoms in total. The van der Waals surface area contributed by atoms with Crippen LogP contribution in [0.5, 0.6) is 0 Å². The fraction of sp³-hybridized carbons (Fsp3) is 0. The minimum absolute atomic E-state index is 0.874. The van der Waals surface area contributed by atoms with Crippen LogP contribution in [0.2, 0.25) is 0 Å². The van der Waals surface area contributed by atoms with Crippen LogP contribution < -0.4 is 5.32 Å². The number of anilines is 2. The van der Waals surface area contributed by atoms with Crippen molar-refractivity contribution in [1.82, 2.24) is 0 Å². The van der Waals surface area contributed by atoms with Gasteiger partial charge in [0.05, 0.1) is 0 Å². The topological polar surface area (TPSA) is 25.2 Å². The molecule has 0 fully saturated rings. The molecule has 198 valence electrons. The van der Waals surface area contributed by atoms with Gasteiger partial charge in [0.2, 0.25) is 0 Å². The van der Waals surface area contributed by atoms with E-state index in [2.05, 4.69) is 157 Å². The number of furan rings is 1. The first-order valence-electron chi connectivity index (χ1n) is 14.3. The Morgan fingerprint density at radius 2 is 1.07 bits per heavy atom. The summed E-state index contributed by atoms with van der Waals surface area (Å²) in [7, 11) is 0. The van der Waals surface area contributed by atoms with Gasteiger partial charge in [-0.1, -0.05) is 127 Å². The van der Waals surface area contributed by atoms with Crippen molar-refractivity contribution in [2.45, 2.75) is 0 Å². The van der Waals surface area contributed by atoms with Crippen LogP contribution in [0.15, 0.2) is 162 Å². The van der Waals surface area contributed by atoms with Crippen LogP contribution in [-0.2, 0) is 0 Å². The average Bonchev–Trinajstić information content (AvgIpc) is 3.43. The van der Waals surface area contributed by atoms with Crippen molar-refractivity contribution in [2.75, 3.05) is 5.32 Å². The first-order chi connectivity index (χ1) is 20.8. The lowest BCUT2D eigenvalue weighted by Crippen LogP contribution is -1.91. The average molecular weight is 538 g/mol. The van der Waals surface area contributed by atoms with Gasteiger partial charge in [-0.15, -0.1) is 0 Å². The van der Waals surface area contributed by atoms with Crippen molar-refractivity contribution in [3.05, 3.63) is 158 Å². The summed E-state index contributed by atoms with van der Waals surface area (Å²) in [5.41, 5.74) is 11.0. The largest absolute Gasteiger partial charge is 0.455 e. The third-order valence-corrected chi connectivity index (χ3v) is 8.06. The Balaban J connectivity index is 1.13. The minimum atomic E-state index is 0.874. The number of nitrogens with one attached hydrogen (secondary N) is 1. The lowest BCUT2D eigenvalue weighted by Gasteiger charge is -2.15. The van der Waals surface area contributed by atoms with Gasteiger partial charge in [-0.05, 0) is 62.9 Å². The molecule has 1 N–H and O–H groups in total. The van der Waals surface area contributed by atoms with Gasteiger partial charge in [-0.2, -0.15) is 0 Å². The Morgan fingerprint density at radius 3 is 1.88 bits per heavy atom. The van der Waals surface area contributed by atoms with Crippen LogP contribution >= 0.6 is 0 Å². The van der Waals surface area contributed by atoms with Crippen LogP contribution in [0.1, 0.15) is 0 Å². The van der Waals surface area contributed by atoms with E-state index in [1.54, 1.807) is 0 Å². The summed E-state index contributed by atoms with van der Waals surface area (Å²) in [5.74, 6) is 0. The first-order valence-corrected chi connectivity index (χ1v) is 14.3. The minimum Gasteiger partial charge on any atom is -0.455 e. The van der Waals surface area contributed by atoms with E-state index < -0.39 is 0 Å². The Morgan fingerprint density at radius 1 is 0.405 bits per heavy atom. The van der Waals surface area contributed by atoms with Gasteiger partial charge in [-0.25, -0.2) is 0 Å². The molecule has 0 radical (unpaired) electrons. The third kappa shape index (κ3) is 4.22. The first kappa shape index (κ1) is 24.2. The van der Waals surface area contributed by atoms with E-state index in [1.165, 1.54) is 33.0 Å². The number of hydrogen-bond donors (Lipinski definition) is 1. The predicted octanol–water partition coefficient (Wildman–Crippen LogP) is 11.5. The van der Waals surface area contributed by atoms with E-state index >= 15 is 0 Å². The molecule has 1 heterocycles. The van der Waals surface area contributed by atoms with E-state index in [-0.39, 0.29) is 0 Å². The van der Waals surface area contributed by atoms with Gasteiger partial charge in [0, 0.05) is 33.8 Å². The lowest BCUT2D eigenvalue weighted by atomic mass is 9.90. The summed E-state index contributed by atoms with van der Waals surface area (Å²) in [6.45, 7) is 0. The molecule has 0 saturated carbocycles. The van der Waals surface area contributed by atoms with Gasteiger partial charge < -0.3 is 9.73 Å². The van der Waals surface area contributed by atoms with Gasteiger partial charge in [0.25, 0.3) is 0 Å². The number of rotatable bonds is 5. The molecule has 1 aromatic heterocycles. The van der Waals surface area contributed by atoms with Crippen LogP contribution in [0.25, 0.3) is 66.1 Å². The number of benzene rings is 7. The SMILES string of the molecule is c1ccc(-c2c(-c3ccc(Nc4ccc5c(c4)oc4c(-c6ccccc6)cccc45)cc3)ccc3ccccc23)cc1. The number of hydrogen-bond acceptors (Lipinski definition) is 2. The zero-order valence-corrected chi connectivity index (χ0v) is 22.9. The summed E-state index contributed by atoms with van der Waals surface area (Å²) in [5, 5.41) is 8.34. The maximum atomic E-state index is 6.44. The predicted molar refractivity (Wildman–Crippen MR) is 177 cm³/mol. The van der Waals surface area contributed by atoms with Crippen molar-refractivity contribution < 1.29 is 4.42 Å². The molecule has 0 spiro atoms. The fourth-order valence-electron chi connectivity index (χ4n) is 6.05. The van der Waals surface area contributed by atoms with E-state index in [9.17, 15) is 0 Å². The Hall–Kier alpha value is -5.60. The molecule has 0 unspecified atom stereocenters. The highest BCUT2D eigenvalue weighted by atomic mass is 16.3. The van der Waals surface area contributed by atoms with Gasteiger partial charge in [0.1, 0.15) is 11.2 Å².